The summed E-state index contributed by atoms with van der Waals surface area (Å²) in [5, 5.41) is 2.38. The number of rotatable bonds is 2. The fourth-order valence-corrected chi connectivity index (χ4v) is 2.48. The molecule has 0 aromatic heterocycles. The van der Waals surface area contributed by atoms with Crippen LogP contribution in [0.5, 0.6) is 0 Å². The first kappa shape index (κ1) is 12.0. The Morgan fingerprint density at radius 1 is 1.16 bits per heavy atom. The monoisotopic (exact) mass is 255 g/mol. The van der Waals surface area contributed by atoms with Crippen molar-refractivity contribution >= 4 is 16.9 Å². The molecule has 1 fully saturated rings. The number of ether oxygens (including phenoxy) is 1. The zero-order chi connectivity index (χ0) is 13.4. The van der Waals surface area contributed by atoms with E-state index in [9.17, 15) is 4.79 Å². The minimum absolute atomic E-state index is 0.153. The highest BCUT2D eigenvalue weighted by Gasteiger charge is 2.33. The first-order chi connectivity index (χ1) is 9.15. The van der Waals surface area contributed by atoms with Crippen LogP contribution in [-0.2, 0) is 4.74 Å². The van der Waals surface area contributed by atoms with Gasteiger partial charge in [0, 0.05) is 6.04 Å². The van der Waals surface area contributed by atoms with Gasteiger partial charge in [-0.05, 0) is 36.2 Å². The summed E-state index contributed by atoms with van der Waals surface area (Å²) >= 11 is 0. The Hall–Kier alpha value is -2.03. The number of nitrogens with zero attached hydrogens (tertiary/aromatic N) is 1. The molecule has 98 valence electrons. The Balaban J connectivity index is 1.91. The molecule has 0 N–H and O–H groups in total. The van der Waals surface area contributed by atoms with E-state index in [4.69, 9.17) is 4.74 Å². The number of carbonyl (C=O) groups is 1. The summed E-state index contributed by atoms with van der Waals surface area (Å²) in [5.41, 5.74) is 1.07. The van der Waals surface area contributed by atoms with Gasteiger partial charge >= 0.3 is 6.09 Å². The van der Waals surface area contributed by atoms with Crippen LogP contribution in [-0.4, -0.2) is 23.6 Å². The molecule has 1 aliphatic heterocycles. The van der Waals surface area contributed by atoms with Crippen LogP contribution < -0.4 is 0 Å². The van der Waals surface area contributed by atoms with Gasteiger partial charge in [-0.15, -0.1) is 0 Å². The third kappa shape index (κ3) is 2.16. The summed E-state index contributed by atoms with van der Waals surface area (Å²) in [6.07, 6.45) is -0.368. The molecule has 3 rings (SSSR count). The standard InChI is InChI=1S/C16H17NO2/c1-11(2)17-10-15(19-16(17)18)14-8-7-12-5-3-4-6-13(12)9-14/h3-9,11,15H,10H2,1-2H3/t15-/m1/s1. The van der Waals surface area contributed by atoms with Crippen molar-refractivity contribution in [2.45, 2.75) is 26.0 Å². The zero-order valence-corrected chi connectivity index (χ0v) is 11.2. The minimum atomic E-state index is -0.215. The lowest BCUT2D eigenvalue weighted by molar-refractivity contribution is 0.130. The molecule has 1 heterocycles. The van der Waals surface area contributed by atoms with Crippen molar-refractivity contribution in [2.75, 3.05) is 6.54 Å². The molecule has 2 aromatic rings. The third-order valence-corrected chi connectivity index (χ3v) is 3.61. The predicted octanol–water partition coefficient (Wildman–Crippen LogP) is 3.74. The molecule has 1 saturated heterocycles. The van der Waals surface area contributed by atoms with Crippen molar-refractivity contribution in [2.24, 2.45) is 0 Å². The topological polar surface area (TPSA) is 29.5 Å². The summed E-state index contributed by atoms with van der Waals surface area (Å²) in [6, 6.07) is 14.6. The van der Waals surface area contributed by atoms with Crippen molar-refractivity contribution in [1.82, 2.24) is 4.90 Å². The van der Waals surface area contributed by atoms with Crippen LogP contribution in [0.3, 0.4) is 0 Å². The summed E-state index contributed by atoms with van der Waals surface area (Å²) in [6.45, 7) is 4.64. The van der Waals surface area contributed by atoms with Gasteiger partial charge in [0.15, 0.2) is 0 Å². The van der Waals surface area contributed by atoms with Crippen LogP contribution in [0.2, 0.25) is 0 Å². The van der Waals surface area contributed by atoms with E-state index in [0.29, 0.717) is 6.54 Å². The Morgan fingerprint density at radius 2 is 1.89 bits per heavy atom. The van der Waals surface area contributed by atoms with Crippen molar-refractivity contribution < 1.29 is 9.53 Å². The summed E-state index contributed by atoms with van der Waals surface area (Å²) in [5.74, 6) is 0. The molecule has 3 nitrogen and oxygen atoms in total. The highest BCUT2D eigenvalue weighted by molar-refractivity contribution is 5.83. The Labute approximate surface area is 112 Å². The van der Waals surface area contributed by atoms with Gasteiger partial charge in [-0.2, -0.15) is 0 Å². The lowest BCUT2D eigenvalue weighted by Crippen LogP contribution is -2.31. The van der Waals surface area contributed by atoms with Crippen molar-refractivity contribution in [3.8, 4) is 0 Å². The maximum Gasteiger partial charge on any atom is 0.410 e. The van der Waals surface area contributed by atoms with Crippen LogP contribution in [0.1, 0.15) is 25.5 Å². The van der Waals surface area contributed by atoms with E-state index in [1.807, 2.05) is 32.0 Å². The lowest BCUT2D eigenvalue weighted by atomic mass is 10.0. The molecular weight excluding hydrogens is 238 g/mol. The second-order valence-electron chi connectivity index (χ2n) is 5.23. The van der Waals surface area contributed by atoms with Crippen LogP contribution in [0.25, 0.3) is 10.8 Å². The first-order valence-corrected chi connectivity index (χ1v) is 6.61. The number of cyclic esters (lactones) is 1. The van der Waals surface area contributed by atoms with Gasteiger partial charge in [0.1, 0.15) is 6.10 Å². The van der Waals surface area contributed by atoms with E-state index < -0.39 is 0 Å². The van der Waals surface area contributed by atoms with Crippen LogP contribution in [0, 0.1) is 0 Å². The maximum absolute atomic E-state index is 11.8. The maximum atomic E-state index is 11.8. The largest absolute Gasteiger partial charge is 0.439 e. The van der Waals surface area contributed by atoms with E-state index in [0.717, 1.165) is 5.56 Å². The zero-order valence-electron chi connectivity index (χ0n) is 11.2. The molecule has 1 aliphatic rings. The SMILES string of the molecule is CC(C)N1C[C@H](c2ccc3ccccc3c2)OC1=O. The fourth-order valence-electron chi connectivity index (χ4n) is 2.48. The summed E-state index contributed by atoms with van der Waals surface area (Å²) in [7, 11) is 0. The molecule has 0 bridgehead atoms. The second kappa shape index (κ2) is 4.57. The van der Waals surface area contributed by atoms with E-state index in [1.165, 1.54) is 10.8 Å². The summed E-state index contributed by atoms with van der Waals surface area (Å²) in [4.78, 5) is 13.5. The van der Waals surface area contributed by atoms with Crippen LogP contribution in [0.15, 0.2) is 42.5 Å². The van der Waals surface area contributed by atoms with E-state index in [1.54, 1.807) is 4.90 Å². The number of benzene rings is 2. The van der Waals surface area contributed by atoms with Gasteiger partial charge in [-0.25, -0.2) is 4.79 Å². The molecule has 0 unspecified atom stereocenters. The molecule has 0 spiro atoms. The molecule has 0 saturated carbocycles. The van der Waals surface area contributed by atoms with Crippen molar-refractivity contribution in [3.63, 3.8) is 0 Å². The number of fused-ring (bicyclic) bond motifs is 1. The Bertz CT molecular complexity index is 621. The molecule has 0 aliphatic carbocycles. The molecule has 19 heavy (non-hydrogen) atoms. The predicted molar refractivity (Wildman–Crippen MR) is 75.0 cm³/mol. The van der Waals surface area contributed by atoms with Crippen molar-refractivity contribution in [3.05, 3.63) is 48.0 Å². The lowest BCUT2D eigenvalue weighted by Gasteiger charge is -2.16. The van der Waals surface area contributed by atoms with E-state index >= 15 is 0 Å². The fraction of sp³-hybridized carbons (Fsp3) is 0.312. The molecule has 0 radical (unpaired) electrons. The Kier molecular flexibility index (Phi) is 2.90. The van der Waals surface area contributed by atoms with Gasteiger partial charge in [-0.3, -0.25) is 0 Å². The smallest absolute Gasteiger partial charge is 0.410 e. The molecule has 1 amide bonds. The van der Waals surface area contributed by atoms with Crippen LogP contribution >= 0.6 is 0 Å². The van der Waals surface area contributed by atoms with E-state index in [2.05, 4.69) is 24.3 Å². The first-order valence-electron chi connectivity index (χ1n) is 6.61. The Morgan fingerprint density at radius 3 is 2.58 bits per heavy atom. The molecule has 1 atom stereocenters. The molecular formula is C16H17NO2. The number of amides is 1. The highest BCUT2D eigenvalue weighted by atomic mass is 16.6. The second-order valence-corrected chi connectivity index (χ2v) is 5.23. The molecule has 2 aromatic carbocycles. The van der Waals surface area contributed by atoms with Gasteiger partial charge in [0.05, 0.1) is 6.54 Å². The van der Waals surface area contributed by atoms with Gasteiger partial charge in [0.25, 0.3) is 0 Å². The van der Waals surface area contributed by atoms with E-state index in [-0.39, 0.29) is 18.2 Å². The van der Waals surface area contributed by atoms with Gasteiger partial charge in [-0.1, -0.05) is 36.4 Å². The molecule has 3 heteroatoms. The third-order valence-electron chi connectivity index (χ3n) is 3.61. The quantitative estimate of drug-likeness (QED) is 0.818. The van der Waals surface area contributed by atoms with Crippen LogP contribution in [0.4, 0.5) is 4.79 Å². The summed E-state index contributed by atoms with van der Waals surface area (Å²) < 4.78 is 5.46. The number of carbonyl (C=O) groups excluding carboxylic acids is 1. The normalized spacial score (nSPS) is 19.2. The van der Waals surface area contributed by atoms with Crippen molar-refractivity contribution in [1.29, 1.82) is 0 Å². The number of hydrogen-bond acceptors (Lipinski definition) is 2. The van der Waals surface area contributed by atoms with Gasteiger partial charge in [0.2, 0.25) is 0 Å². The number of hydrogen-bond donors (Lipinski definition) is 0. The average Bonchev–Trinajstić information content (AvgIpc) is 2.80. The van der Waals surface area contributed by atoms with Gasteiger partial charge < -0.3 is 9.64 Å². The highest BCUT2D eigenvalue weighted by Crippen LogP contribution is 2.29. The minimum Gasteiger partial charge on any atom is -0.439 e. The average molecular weight is 255 g/mol.